The van der Waals surface area contributed by atoms with Gasteiger partial charge in [0.05, 0.1) is 0 Å². The first kappa shape index (κ1) is 16.3. The lowest BCUT2D eigenvalue weighted by Crippen LogP contribution is -2.50. The molecular formula is C22H28N2O2. The predicted octanol–water partition coefficient (Wildman–Crippen LogP) is 3.54. The SMILES string of the molecule is O=C(CC12CC3CC(CC(C3)C1)C2)NNC(=O)[C@@H]1C[C@H]1c1ccccc1. The normalized spacial score (nSPS) is 39.5. The molecule has 2 amide bonds. The number of nitrogens with one attached hydrogen (secondary N) is 2. The van der Waals surface area contributed by atoms with Crippen LogP contribution in [0, 0.1) is 29.1 Å². The molecule has 5 saturated carbocycles. The Labute approximate surface area is 155 Å². The molecule has 0 spiro atoms. The van der Waals surface area contributed by atoms with E-state index in [0.717, 1.165) is 24.2 Å². The fourth-order valence-corrected chi connectivity index (χ4v) is 6.67. The van der Waals surface area contributed by atoms with E-state index >= 15 is 0 Å². The molecule has 5 aliphatic carbocycles. The summed E-state index contributed by atoms with van der Waals surface area (Å²) in [5, 5.41) is 0. The van der Waals surface area contributed by atoms with E-state index in [9.17, 15) is 9.59 Å². The fraction of sp³-hybridized carbons (Fsp3) is 0.636. The largest absolute Gasteiger partial charge is 0.273 e. The van der Waals surface area contributed by atoms with Crippen molar-refractivity contribution < 1.29 is 9.59 Å². The van der Waals surface area contributed by atoms with Gasteiger partial charge in [-0.25, -0.2) is 0 Å². The van der Waals surface area contributed by atoms with Gasteiger partial charge in [0.1, 0.15) is 0 Å². The summed E-state index contributed by atoms with van der Waals surface area (Å²) >= 11 is 0. The number of benzene rings is 1. The minimum absolute atomic E-state index is 0.00255. The number of amides is 2. The highest BCUT2D eigenvalue weighted by Crippen LogP contribution is 2.61. The molecule has 26 heavy (non-hydrogen) atoms. The van der Waals surface area contributed by atoms with Crippen molar-refractivity contribution in [1.29, 1.82) is 0 Å². The van der Waals surface area contributed by atoms with Crippen molar-refractivity contribution in [3.05, 3.63) is 35.9 Å². The van der Waals surface area contributed by atoms with Crippen LogP contribution in [-0.2, 0) is 9.59 Å². The lowest BCUT2D eigenvalue weighted by Gasteiger charge is -2.56. The van der Waals surface area contributed by atoms with Gasteiger partial charge in [-0.15, -0.1) is 0 Å². The number of hydrogen-bond acceptors (Lipinski definition) is 2. The van der Waals surface area contributed by atoms with Crippen LogP contribution in [0.25, 0.3) is 0 Å². The molecule has 0 aliphatic heterocycles. The molecule has 4 bridgehead atoms. The second-order valence-electron chi connectivity index (χ2n) is 9.49. The molecule has 0 aromatic heterocycles. The van der Waals surface area contributed by atoms with Crippen LogP contribution in [0.5, 0.6) is 0 Å². The van der Waals surface area contributed by atoms with Crippen LogP contribution < -0.4 is 10.9 Å². The monoisotopic (exact) mass is 352 g/mol. The van der Waals surface area contributed by atoms with Crippen molar-refractivity contribution in [3.8, 4) is 0 Å². The van der Waals surface area contributed by atoms with Crippen molar-refractivity contribution >= 4 is 11.8 Å². The maximum Gasteiger partial charge on any atom is 0.242 e. The highest BCUT2D eigenvalue weighted by molar-refractivity contribution is 5.86. The number of carbonyl (C=O) groups is 2. The molecule has 2 N–H and O–H groups in total. The highest BCUT2D eigenvalue weighted by Gasteiger charge is 2.51. The van der Waals surface area contributed by atoms with Gasteiger partial charge in [0.2, 0.25) is 11.8 Å². The molecule has 0 radical (unpaired) electrons. The van der Waals surface area contributed by atoms with Gasteiger partial charge in [-0.2, -0.15) is 0 Å². The molecule has 0 saturated heterocycles. The van der Waals surface area contributed by atoms with Crippen LogP contribution in [0.1, 0.15) is 62.8 Å². The van der Waals surface area contributed by atoms with Crippen molar-refractivity contribution in [2.45, 2.75) is 57.3 Å². The van der Waals surface area contributed by atoms with E-state index in [0.29, 0.717) is 12.3 Å². The molecule has 6 rings (SSSR count). The van der Waals surface area contributed by atoms with Crippen LogP contribution >= 0.6 is 0 Å². The molecule has 0 unspecified atom stereocenters. The van der Waals surface area contributed by atoms with Gasteiger partial charge in [-0.3, -0.25) is 20.4 Å². The minimum atomic E-state index is -0.0438. The molecule has 5 aliphatic rings. The maximum atomic E-state index is 12.5. The molecule has 1 aromatic carbocycles. The van der Waals surface area contributed by atoms with Gasteiger partial charge in [0, 0.05) is 12.3 Å². The maximum absolute atomic E-state index is 12.5. The first-order valence-electron chi connectivity index (χ1n) is 10.2. The Kier molecular flexibility index (Phi) is 3.84. The van der Waals surface area contributed by atoms with Gasteiger partial charge in [0.25, 0.3) is 0 Å². The Hall–Kier alpha value is -1.84. The average molecular weight is 352 g/mol. The van der Waals surface area contributed by atoms with Crippen LogP contribution in [0.3, 0.4) is 0 Å². The van der Waals surface area contributed by atoms with Crippen molar-refractivity contribution in [1.82, 2.24) is 10.9 Å². The lowest BCUT2D eigenvalue weighted by atomic mass is 9.49. The third-order valence-electron chi connectivity index (χ3n) is 7.38. The Balaban J connectivity index is 1.12. The molecule has 0 heterocycles. The summed E-state index contributed by atoms with van der Waals surface area (Å²) in [5.74, 6) is 2.80. The Bertz CT molecular complexity index is 679. The molecule has 1 aromatic rings. The summed E-state index contributed by atoms with van der Waals surface area (Å²) in [6, 6.07) is 10.2. The molecule has 4 nitrogen and oxygen atoms in total. The fourth-order valence-electron chi connectivity index (χ4n) is 6.67. The first-order chi connectivity index (χ1) is 12.6. The molecule has 4 heteroatoms. The van der Waals surface area contributed by atoms with E-state index in [2.05, 4.69) is 23.0 Å². The summed E-state index contributed by atoms with van der Waals surface area (Å²) in [7, 11) is 0. The molecule has 5 fully saturated rings. The van der Waals surface area contributed by atoms with Crippen LogP contribution in [-0.4, -0.2) is 11.8 Å². The van der Waals surface area contributed by atoms with Gasteiger partial charge in [-0.1, -0.05) is 30.3 Å². The third kappa shape index (κ3) is 3.04. The smallest absolute Gasteiger partial charge is 0.242 e. The van der Waals surface area contributed by atoms with Gasteiger partial charge >= 0.3 is 0 Å². The van der Waals surface area contributed by atoms with Crippen LogP contribution in [0.4, 0.5) is 0 Å². The Morgan fingerprint density at radius 3 is 2.12 bits per heavy atom. The van der Waals surface area contributed by atoms with Gasteiger partial charge in [-0.05, 0) is 79.6 Å². The van der Waals surface area contributed by atoms with E-state index in [-0.39, 0.29) is 23.1 Å². The quantitative estimate of drug-likeness (QED) is 0.814. The van der Waals surface area contributed by atoms with E-state index < -0.39 is 0 Å². The highest BCUT2D eigenvalue weighted by atomic mass is 16.2. The lowest BCUT2D eigenvalue weighted by molar-refractivity contribution is -0.134. The van der Waals surface area contributed by atoms with E-state index in [4.69, 9.17) is 0 Å². The zero-order valence-corrected chi connectivity index (χ0v) is 15.2. The van der Waals surface area contributed by atoms with Crippen molar-refractivity contribution in [2.75, 3.05) is 0 Å². The Morgan fingerprint density at radius 2 is 1.50 bits per heavy atom. The zero-order valence-electron chi connectivity index (χ0n) is 15.2. The van der Waals surface area contributed by atoms with Crippen LogP contribution in [0.15, 0.2) is 30.3 Å². The number of rotatable bonds is 4. The molecule has 138 valence electrons. The summed E-state index contributed by atoms with van der Waals surface area (Å²) in [6.45, 7) is 0. The minimum Gasteiger partial charge on any atom is -0.273 e. The second kappa shape index (κ2) is 6.11. The summed E-state index contributed by atoms with van der Waals surface area (Å²) in [5.41, 5.74) is 6.83. The summed E-state index contributed by atoms with van der Waals surface area (Å²) in [6.07, 6.45) is 9.29. The number of hydrogen-bond donors (Lipinski definition) is 2. The van der Waals surface area contributed by atoms with Gasteiger partial charge in [0.15, 0.2) is 0 Å². The molecular weight excluding hydrogens is 324 g/mol. The number of hydrazine groups is 1. The first-order valence-corrected chi connectivity index (χ1v) is 10.2. The summed E-state index contributed by atoms with van der Waals surface area (Å²) in [4.78, 5) is 24.8. The average Bonchev–Trinajstić information content (AvgIpc) is 3.40. The second-order valence-corrected chi connectivity index (χ2v) is 9.49. The van der Waals surface area contributed by atoms with E-state index in [1.807, 2.05) is 18.2 Å². The van der Waals surface area contributed by atoms with Crippen LogP contribution in [0.2, 0.25) is 0 Å². The predicted molar refractivity (Wildman–Crippen MR) is 98.8 cm³/mol. The Morgan fingerprint density at radius 1 is 0.885 bits per heavy atom. The van der Waals surface area contributed by atoms with Crippen molar-refractivity contribution in [3.63, 3.8) is 0 Å². The molecule has 2 atom stereocenters. The van der Waals surface area contributed by atoms with Gasteiger partial charge < -0.3 is 0 Å². The standard InChI is InChI=1S/C22H28N2O2/c25-20(13-22-10-14-6-15(11-22)8-16(7-14)12-22)23-24-21(26)19-9-18(19)17-4-2-1-3-5-17/h1-5,14-16,18-19H,6-13H2,(H,23,25)(H,24,26)/t14?,15?,16?,18-,19+,22?/m0/s1. The van der Waals surface area contributed by atoms with Crippen molar-refractivity contribution in [2.24, 2.45) is 29.1 Å². The third-order valence-corrected chi connectivity index (χ3v) is 7.38. The van der Waals surface area contributed by atoms with E-state index in [1.54, 1.807) is 0 Å². The zero-order chi connectivity index (χ0) is 17.7. The number of carbonyl (C=O) groups excluding carboxylic acids is 2. The topological polar surface area (TPSA) is 58.2 Å². The van der Waals surface area contributed by atoms with E-state index in [1.165, 1.54) is 44.1 Å². The summed E-state index contributed by atoms with van der Waals surface area (Å²) < 4.78 is 0.